The zero-order chi connectivity index (χ0) is 31.8. The van der Waals surface area contributed by atoms with Gasteiger partial charge in [-0.05, 0) is 72.7 Å². The van der Waals surface area contributed by atoms with E-state index in [1.807, 2.05) is 0 Å². The van der Waals surface area contributed by atoms with Crippen LogP contribution in [0.2, 0.25) is 0 Å². The molecule has 0 aliphatic rings. The Morgan fingerprint density at radius 3 is 2.29 bits per heavy atom. The van der Waals surface area contributed by atoms with E-state index in [2.05, 4.69) is 10.6 Å². The molecule has 5 aromatic rings. The summed E-state index contributed by atoms with van der Waals surface area (Å²) in [6.45, 7) is 0. The zero-order valence-corrected chi connectivity index (χ0v) is 23.8. The minimum atomic E-state index is -0.482. The van der Waals surface area contributed by atoms with Crippen LogP contribution in [0.4, 0.5) is 17.1 Å². The molecule has 5 rings (SSSR count). The number of benzene rings is 4. The monoisotopic (exact) mass is 601 g/mol. The number of anilines is 2. The third-order valence-electron chi connectivity index (χ3n) is 6.81. The van der Waals surface area contributed by atoms with E-state index >= 15 is 0 Å². The van der Waals surface area contributed by atoms with Gasteiger partial charge >= 0.3 is 0 Å². The molecule has 224 valence electrons. The quantitative estimate of drug-likeness (QED) is 0.0637. The van der Waals surface area contributed by atoms with Gasteiger partial charge in [0.1, 0.15) is 17.3 Å². The molecule has 10 heteroatoms. The molecular formula is C35H27N3O7. The lowest BCUT2D eigenvalue weighted by Gasteiger charge is -2.13. The number of hydrogen-bond donors (Lipinski definition) is 3. The van der Waals surface area contributed by atoms with Crippen molar-refractivity contribution in [3.63, 3.8) is 0 Å². The number of furan rings is 1. The first-order valence-corrected chi connectivity index (χ1v) is 13.9. The first kappa shape index (κ1) is 30.2. The topological polar surface area (TPSA) is 152 Å². The lowest BCUT2D eigenvalue weighted by Crippen LogP contribution is -2.16. The highest BCUT2D eigenvalue weighted by Crippen LogP contribution is 2.26. The van der Waals surface area contributed by atoms with Crippen molar-refractivity contribution >= 4 is 40.7 Å². The summed E-state index contributed by atoms with van der Waals surface area (Å²) in [7, 11) is 0. The van der Waals surface area contributed by atoms with E-state index in [-0.39, 0.29) is 35.1 Å². The van der Waals surface area contributed by atoms with Crippen LogP contribution in [0.25, 0.3) is 17.4 Å². The Morgan fingerprint density at radius 1 is 0.844 bits per heavy atom. The second-order valence-electron chi connectivity index (χ2n) is 10.00. The summed E-state index contributed by atoms with van der Waals surface area (Å²) in [5.41, 5.74) is 2.78. The van der Waals surface area contributed by atoms with Crippen LogP contribution in [-0.4, -0.2) is 27.6 Å². The van der Waals surface area contributed by atoms with Crippen LogP contribution in [0, 0.1) is 10.1 Å². The van der Waals surface area contributed by atoms with Crippen LogP contribution < -0.4 is 10.6 Å². The van der Waals surface area contributed by atoms with Crippen LogP contribution in [0.15, 0.2) is 120 Å². The molecule has 2 amide bonds. The highest BCUT2D eigenvalue weighted by Gasteiger charge is 2.17. The van der Waals surface area contributed by atoms with Crippen molar-refractivity contribution in [2.45, 2.75) is 12.8 Å². The number of nitrogens with one attached hydrogen (secondary N) is 2. The molecule has 3 N–H and O–H groups in total. The normalized spacial score (nSPS) is 10.8. The molecule has 45 heavy (non-hydrogen) atoms. The molecule has 1 heterocycles. The van der Waals surface area contributed by atoms with E-state index in [4.69, 9.17) is 4.42 Å². The van der Waals surface area contributed by atoms with Gasteiger partial charge in [0.05, 0.1) is 10.6 Å². The average Bonchev–Trinajstić information content (AvgIpc) is 3.53. The van der Waals surface area contributed by atoms with Crippen molar-refractivity contribution in [1.82, 2.24) is 0 Å². The highest BCUT2D eigenvalue weighted by molar-refractivity contribution is 6.15. The summed E-state index contributed by atoms with van der Waals surface area (Å²) in [4.78, 5) is 49.4. The molecule has 0 unspecified atom stereocenters. The first-order valence-electron chi connectivity index (χ1n) is 13.9. The number of phenolic OH excluding ortho intramolecular Hbond substituents is 1. The largest absolute Gasteiger partial charge is 0.508 e. The van der Waals surface area contributed by atoms with Gasteiger partial charge in [-0.15, -0.1) is 0 Å². The van der Waals surface area contributed by atoms with Crippen molar-refractivity contribution < 1.29 is 28.8 Å². The summed E-state index contributed by atoms with van der Waals surface area (Å²) in [6.07, 6.45) is 3.35. The molecule has 0 aliphatic heterocycles. The summed E-state index contributed by atoms with van der Waals surface area (Å²) in [5.74, 6) is -0.0859. The van der Waals surface area contributed by atoms with Crippen molar-refractivity contribution in [1.29, 1.82) is 0 Å². The molecule has 1 aromatic heterocycles. The fraction of sp³-hybridized carbons (Fsp3) is 0.0571. The van der Waals surface area contributed by atoms with Gasteiger partial charge in [-0.25, -0.2) is 0 Å². The number of aryl methyl sites for hydroxylation is 1. The van der Waals surface area contributed by atoms with Gasteiger partial charge in [0.2, 0.25) is 11.8 Å². The molecular weight excluding hydrogens is 574 g/mol. The van der Waals surface area contributed by atoms with Gasteiger partial charge < -0.3 is 20.2 Å². The summed E-state index contributed by atoms with van der Waals surface area (Å²) >= 11 is 0. The van der Waals surface area contributed by atoms with Crippen LogP contribution in [0.5, 0.6) is 5.75 Å². The van der Waals surface area contributed by atoms with Gasteiger partial charge in [0.15, 0.2) is 5.78 Å². The highest BCUT2D eigenvalue weighted by atomic mass is 16.6. The average molecular weight is 602 g/mol. The maximum absolute atomic E-state index is 13.4. The Balaban J connectivity index is 1.28. The smallest absolute Gasteiger partial charge is 0.269 e. The molecule has 0 fully saturated rings. The Labute approximate surface area is 257 Å². The fourth-order valence-electron chi connectivity index (χ4n) is 4.48. The SMILES string of the molecule is O=C(/C=C/c1ccc(-c2ccc([N+](=O)[O-])cc2)o1)Nc1ccc(NC(=O)CCc2ccc(O)cc2)c(C(=O)c2ccccc2)c1. The number of rotatable bonds is 11. The molecule has 0 aliphatic carbocycles. The Kier molecular flexibility index (Phi) is 9.25. The molecule has 10 nitrogen and oxygen atoms in total. The van der Waals surface area contributed by atoms with Crippen LogP contribution in [-0.2, 0) is 16.0 Å². The van der Waals surface area contributed by atoms with E-state index in [1.54, 1.807) is 91.0 Å². The summed E-state index contributed by atoms with van der Waals surface area (Å²) in [5, 5.41) is 25.9. The van der Waals surface area contributed by atoms with Gasteiger partial charge in [-0.3, -0.25) is 24.5 Å². The third-order valence-corrected chi connectivity index (χ3v) is 6.81. The first-order chi connectivity index (χ1) is 21.7. The lowest BCUT2D eigenvalue weighted by atomic mass is 10.0. The van der Waals surface area contributed by atoms with E-state index in [1.165, 1.54) is 30.4 Å². The van der Waals surface area contributed by atoms with Crippen molar-refractivity contribution in [2.24, 2.45) is 0 Å². The Bertz CT molecular complexity index is 1880. The van der Waals surface area contributed by atoms with Crippen molar-refractivity contribution in [3.8, 4) is 17.1 Å². The number of ketones is 1. The Morgan fingerprint density at radius 2 is 1.58 bits per heavy atom. The number of carbonyl (C=O) groups excluding carboxylic acids is 3. The van der Waals surface area contributed by atoms with E-state index in [0.29, 0.717) is 40.4 Å². The second-order valence-corrected chi connectivity index (χ2v) is 10.00. The van der Waals surface area contributed by atoms with E-state index in [0.717, 1.165) is 5.56 Å². The third kappa shape index (κ3) is 7.96. The number of hydrogen-bond acceptors (Lipinski definition) is 7. The number of nitro groups is 1. The molecule has 0 saturated heterocycles. The molecule has 0 atom stereocenters. The number of nitrogens with zero attached hydrogens (tertiary/aromatic N) is 1. The van der Waals surface area contributed by atoms with Crippen LogP contribution >= 0.6 is 0 Å². The summed E-state index contributed by atoms with van der Waals surface area (Å²) < 4.78 is 5.74. The van der Waals surface area contributed by atoms with Gasteiger partial charge in [0, 0.05) is 47.0 Å². The fourth-order valence-corrected chi connectivity index (χ4v) is 4.48. The van der Waals surface area contributed by atoms with Crippen molar-refractivity contribution in [3.05, 3.63) is 148 Å². The van der Waals surface area contributed by atoms with Crippen LogP contribution in [0.1, 0.15) is 33.7 Å². The maximum atomic E-state index is 13.4. The zero-order valence-electron chi connectivity index (χ0n) is 23.8. The standard InChI is InChI=1S/C35H27N3O7/c39-28-14-6-23(7-15-28)8-20-34(41)37-31-18-11-26(22-30(31)35(42)25-4-2-1-3-5-25)36-33(40)21-17-29-16-19-32(45-29)24-9-12-27(13-10-24)38(43)44/h1-7,9-19,21-22,39H,8,20H2,(H,36,40)(H,37,41)/b21-17+. The van der Waals surface area contributed by atoms with Gasteiger partial charge in [-0.1, -0.05) is 42.5 Å². The Hall–Kier alpha value is -6.29. The van der Waals surface area contributed by atoms with Gasteiger partial charge in [0.25, 0.3) is 5.69 Å². The maximum Gasteiger partial charge on any atom is 0.269 e. The van der Waals surface area contributed by atoms with E-state index in [9.17, 15) is 29.6 Å². The molecule has 0 bridgehead atoms. The van der Waals surface area contributed by atoms with Crippen LogP contribution in [0.3, 0.4) is 0 Å². The van der Waals surface area contributed by atoms with Gasteiger partial charge in [-0.2, -0.15) is 0 Å². The predicted octanol–water partition coefficient (Wildman–Crippen LogP) is 7.01. The minimum Gasteiger partial charge on any atom is -0.508 e. The molecule has 4 aromatic carbocycles. The van der Waals surface area contributed by atoms with E-state index < -0.39 is 10.8 Å². The van der Waals surface area contributed by atoms with Crippen molar-refractivity contribution in [2.75, 3.05) is 10.6 Å². The molecule has 0 saturated carbocycles. The number of nitro benzene ring substituents is 1. The predicted molar refractivity (Wildman–Crippen MR) is 170 cm³/mol. The number of non-ortho nitro benzene ring substituents is 1. The number of phenols is 1. The molecule has 0 spiro atoms. The number of amides is 2. The lowest BCUT2D eigenvalue weighted by molar-refractivity contribution is -0.384. The number of aromatic hydroxyl groups is 1. The summed E-state index contributed by atoms with van der Waals surface area (Å²) in [6, 6.07) is 29.1. The minimum absolute atomic E-state index is 0.0308. The second kappa shape index (κ2) is 13.8. The molecule has 0 radical (unpaired) electrons. The number of carbonyl (C=O) groups is 3.